The Kier molecular flexibility index (Phi) is 1.17. The van der Waals surface area contributed by atoms with Crippen molar-refractivity contribution in [2.24, 2.45) is 23.7 Å². The molecule has 2 fully saturated rings. The molecule has 0 aromatic rings. The normalized spacial score (nSPS) is 46.4. The van der Waals surface area contributed by atoms with Gasteiger partial charge in [-0.15, -0.1) is 0 Å². The predicted molar refractivity (Wildman–Crippen MR) is 47.6 cm³/mol. The molecular weight excluding hydrogens is 164 g/mol. The van der Waals surface area contributed by atoms with Crippen LogP contribution < -0.4 is 0 Å². The molecule has 0 amide bonds. The van der Waals surface area contributed by atoms with E-state index in [0.717, 1.165) is 6.42 Å². The second-order valence-corrected chi connectivity index (χ2v) is 4.36. The molecule has 1 saturated heterocycles. The van der Waals surface area contributed by atoms with E-state index in [1.807, 2.05) is 0 Å². The molecule has 1 aliphatic heterocycles. The van der Waals surface area contributed by atoms with E-state index in [9.17, 15) is 4.79 Å². The molecule has 3 rings (SSSR count). The van der Waals surface area contributed by atoms with Crippen molar-refractivity contribution in [2.45, 2.75) is 13.3 Å². The van der Waals surface area contributed by atoms with Crippen molar-refractivity contribution >= 4 is 5.97 Å². The Morgan fingerprint density at radius 3 is 3.08 bits per heavy atom. The van der Waals surface area contributed by atoms with E-state index in [0.29, 0.717) is 23.5 Å². The molecule has 2 nitrogen and oxygen atoms in total. The lowest BCUT2D eigenvalue weighted by molar-refractivity contribution is -0.139. The van der Waals surface area contributed by atoms with Crippen LogP contribution >= 0.6 is 0 Å². The van der Waals surface area contributed by atoms with Gasteiger partial charge in [-0.05, 0) is 25.2 Å². The number of allylic oxidation sites excluding steroid dienone is 3. The average Bonchev–Trinajstić information content (AvgIpc) is 2.64. The summed E-state index contributed by atoms with van der Waals surface area (Å²) < 4.78 is 5.09. The summed E-state index contributed by atoms with van der Waals surface area (Å²) in [7, 11) is 0. The fourth-order valence-corrected chi connectivity index (χ4v) is 3.22. The highest BCUT2D eigenvalue weighted by Gasteiger charge is 2.56. The summed E-state index contributed by atoms with van der Waals surface area (Å²) in [5.74, 6) is 2.01. The lowest BCUT2D eigenvalue weighted by Gasteiger charge is -2.18. The molecule has 1 saturated carbocycles. The van der Waals surface area contributed by atoms with Crippen molar-refractivity contribution in [3.8, 4) is 0 Å². The lowest BCUT2D eigenvalue weighted by Crippen LogP contribution is -2.21. The third-order valence-electron chi connectivity index (χ3n) is 3.75. The summed E-state index contributed by atoms with van der Waals surface area (Å²) in [5.41, 5.74) is 1.37. The molecule has 0 aromatic carbocycles. The summed E-state index contributed by atoms with van der Waals surface area (Å²) in [6, 6.07) is 0. The van der Waals surface area contributed by atoms with Crippen LogP contribution in [0.1, 0.15) is 13.3 Å². The summed E-state index contributed by atoms with van der Waals surface area (Å²) >= 11 is 0. The number of esters is 1. The molecule has 4 unspecified atom stereocenters. The monoisotopic (exact) mass is 176 g/mol. The molecule has 0 spiro atoms. The maximum Gasteiger partial charge on any atom is 0.315 e. The first-order valence-corrected chi connectivity index (χ1v) is 4.77. The van der Waals surface area contributed by atoms with Gasteiger partial charge in [-0.25, -0.2) is 0 Å². The van der Waals surface area contributed by atoms with Crippen molar-refractivity contribution in [3.05, 3.63) is 24.0 Å². The average molecular weight is 176 g/mol. The van der Waals surface area contributed by atoms with Crippen LogP contribution in [-0.2, 0) is 9.53 Å². The van der Waals surface area contributed by atoms with E-state index < -0.39 is 0 Å². The molecule has 0 aromatic heterocycles. The van der Waals surface area contributed by atoms with Crippen LogP contribution in [0.5, 0.6) is 0 Å². The molecule has 2 bridgehead atoms. The number of carbonyl (C=O) groups excluding carboxylic acids is 1. The molecule has 2 heteroatoms. The van der Waals surface area contributed by atoms with Crippen LogP contribution in [-0.4, -0.2) is 5.97 Å². The van der Waals surface area contributed by atoms with E-state index >= 15 is 0 Å². The predicted octanol–water partition coefficient (Wildman–Crippen LogP) is 1.89. The number of hydrogen-bond acceptors (Lipinski definition) is 2. The van der Waals surface area contributed by atoms with Gasteiger partial charge in [-0.1, -0.05) is 18.2 Å². The number of rotatable bonds is 0. The van der Waals surface area contributed by atoms with E-state index in [1.54, 1.807) is 0 Å². The number of cyclic esters (lactones) is 1. The molecule has 1 heterocycles. The van der Waals surface area contributed by atoms with Gasteiger partial charge in [-0.2, -0.15) is 0 Å². The van der Waals surface area contributed by atoms with Crippen molar-refractivity contribution in [3.63, 3.8) is 0 Å². The van der Waals surface area contributed by atoms with Crippen molar-refractivity contribution in [2.75, 3.05) is 0 Å². The third-order valence-corrected chi connectivity index (χ3v) is 3.75. The Morgan fingerprint density at radius 1 is 1.54 bits per heavy atom. The van der Waals surface area contributed by atoms with Gasteiger partial charge < -0.3 is 4.74 Å². The topological polar surface area (TPSA) is 26.3 Å². The minimum Gasteiger partial charge on any atom is -0.431 e. The number of ether oxygens (including phenoxy) is 1. The first-order chi connectivity index (χ1) is 6.18. The van der Waals surface area contributed by atoms with Crippen LogP contribution in [0.2, 0.25) is 0 Å². The smallest absolute Gasteiger partial charge is 0.315 e. The fourth-order valence-electron chi connectivity index (χ4n) is 3.22. The number of carbonyl (C=O) groups is 1. The van der Waals surface area contributed by atoms with Crippen molar-refractivity contribution in [1.82, 2.24) is 0 Å². The molecule has 68 valence electrons. The van der Waals surface area contributed by atoms with Crippen LogP contribution in [0.3, 0.4) is 0 Å². The quantitative estimate of drug-likeness (QED) is 0.416. The molecule has 2 aliphatic carbocycles. The van der Waals surface area contributed by atoms with Gasteiger partial charge in [0.15, 0.2) is 0 Å². The highest BCUT2D eigenvalue weighted by Crippen LogP contribution is 2.57. The molecule has 3 aliphatic rings. The second kappa shape index (κ2) is 2.06. The molecule has 0 radical (unpaired) electrons. The summed E-state index contributed by atoms with van der Waals surface area (Å²) in [6.07, 6.45) is 3.42. The fraction of sp³-hybridized carbons (Fsp3) is 0.545. The van der Waals surface area contributed by atoms with Gasteiger partial charge in [0.05, 0.1) is 5.92 Å². The third kappa shape index (κ3) is 0.718. The van der Waals surface area contributed by atoms with Gasteiger partial charge in [0.1, 0.15) is 5.76 Å². The van der Waals surface area contributed by atoms with E-state index in [1.165, 1.54) is 5.57 Å². The summed E-state index contributed by atoms with van der Waals surface area (Å²) in [4.78, 5) is 11.5. The zero-order valence-electron chi connectivity index (χ0n) is 7.62. The highest BCUT2D eigenvalue weighted by atomic mass is 16.5. The second-order valence-electron chi connectivity index (χ2n) is 4.36. The summed E-state index contributed by atoms with van der Waals surface area (Å²) in [6.45, 7) is 5.94. The maximum absolute atomic E-state index is 11.5. The first kappa shape index (κ1) is 7.36. The van der Waals surface area contributed by atoms with Crippen LogP contribution in [0.25, 0.3) is 0 Å². The zero-order valence-corrected chi connectivity index (χ0v) is 7.62. The summed E-state index contributed by atoms with van der Waals surface area (Å²) in [5, 5.41) is 0. The largest absolute Gasteiger partial charge is 0.431 e. The van der Waals surface area contributed by atoms with Crippen LogP contribution in [0.15, 0.2) is 24.0 Å². The standard InChI is InChI=1S/C11H12O2/c1-5-3-7-4-8(5)10-9(7)6(2)13-11(10)12/h3,7-10H,2,4H2,1H3. The number of hydrogen-bond donors (Lipinski definition) is 0. The Hall–Kier alpha value is -1.05. The first-order valence-electron chi connectivity index (χ1n) is 4.77. The van der Waals surface area contributed by atoms with Gasteiger partial charge in [0, 0.05) is 5.92 Å². The minimum atomic E-state index is -0.0463. The SMILES string of the molecule is C=C1OC(=O)C2C3CC(C=C3C)C12. The Balaban J connectivity index is 2.08. The van der Waals surface area contributed by atoms with Crippen molar-refractivity contribution < 1.29 is 9.53 Å². The van der Waals surface area contributed by atoms with Crippen LogP contribution in [0.4, 0.5) is 0 Å². The van der Waals surface area contributed by atoms with E-state index in [-0.39, 0.29) is 11.9 Å². The minimum absolute atomic E-state index is 0.0463. The zero-order chi connectivity index (χ0) is 9.16. The Bertz CT molecular complexity index is 340. The van der Waals surface area contributed by atoms with Gasteiger partial charge in [-0.3, -0.25) is 4.79 Å². The molecule has 0 N–H and O–H groups in total. The van der Waals surface area contributed by atoms with Crippen LogP contribution in [0, 0.1) is 23.7 Å². The van der Waals surface area contributed by atoms with Crippen molar-refractivity contribution in [1.29, 1.82) is 0 Å². The molecular formula is C11H12O2. The Labute approximate surface area is 77.3 Å². The lowest BCUT2D eigenvalue weighted by atomic mass is 9.81. The molecule has 4 atom stereocenters. The molecule has 13 heavy (non-hydrogen) atoms. The van der Waals surface area contributed by atoms with E-state index in [4.69, 9.17) is 4.74 Å². The Morgan fingerprint density at radius 2 is 2.31 bits per heavy atom. The highest BCUT2D eigenvalue weighted by molar-refractivity contribution is 5.79. The number of fused-ring (bicyclic) bond motifs is 5. The van der Waals surface area contributed by atoms with Gasteiger partial charge >= 0.3 is 5.97 Å². The van der Waals surface area contributed by atoms with E-state index in [2.05, 4.69) is 19.6 Å². The van der Waals surface area contributed by atoms with Gasteiger partial charge in [0.25, 0.3) is 0 Å². The van der Waals surface area contributed by atoms with Gasteiger partial charge in [0.2, 0.25) is 0 Å². The maximum atomic E-state index is 11.5.